The summed E-state index contributed by atoms with van der Waals surface area (Å²) in [6, 6.07) is 16.9. The number of hydrogen-bond acceptors (Lipinski definition) is 4. The number of rotatable bonds is 9. The molecule has 45 heavy (non-hydrogen) atoms. The van der Waals surface area contributed by atoms with Gasteiger partial charge in [-0.1, -0.05) is 55.0 Å². The van der Waals surface area contributed by atoms with E-state index in [0.717, 1.165) is 62.0 Å². The standard InChI is InChI=1S/C37H49N5O3/c1-2-9-28-10-8-11-29(24-28)25-31(36(44)41-22-14-32(15-23-41)39-18-6-3-7-19-39)26-35(43)40-20-16-33(17-21-40)42-27-30-12-4-5-13-34(30)38-37(42)45/h2,4-5,8,10-13,24,31-33H,1,3,6-7,9,14-23,25-27H2,(H,38,45). The van der Waals surface area contributed by atoms with Crippen molar-refractivity contribution in [2.45, 2.75) is 82.8 Å². The van der Waals surface area contributed by atoms with Gasteiger partial charge in [0, 0.05) is 56.9 Å². The van der Waals surface area contributed by atoms with Crippen LogP contribution in [0.25, 0.3) is 0 Å². The van der Waals surface area contributed by atoms with E-state index in [9.17, 15) is 14.4 Å². The molecule has 8 heteroatoms. The summed E-state index contributed by atoms with van der Waals surface area (Å²) in [5, 5.41) is 3.02. The molecule has 1 unspecified atom stereocenters. The number of urea groups is 1. The molecule has 0 radical (unpaired) electrons. The molecule has 1 N–H and O–H groups in total. The van der Waals surface area contributed by atoms with Crippen molar-refractivity contribution in [1.29, 1.82) is 0 Å². The number of piperidine rings is 3. The predicted octanol–water partition coefficient (Wildman–Crippen LogP) is 5.48. The summed E-state index contributed by atoms with van der Waals surface area (Å²) < 4.78 is 0. The van der Waals surface area contributed by atoms with E-state index in [1.54, 1.807) is 0 Å². The maximum atomic E-state index is 14.1. The fourth-order valence-corrected chi connectivity index (χ4v) is 7.86. The first-order chi connectivity index (χ1) is 22.0. The molecule has 0 aromatic heterocycles. The average molecular weight is 612 g/mol. The van der Waals surface area contributed by atoms with Gasteiger partial charge in [0.15, 0.2) is 0 Å². The zero-order valence-corrected chi connectivity index (χ0v) is 26.7. The summed E-state index contributed by atoms with van der Waals surface area (Å²) in [6.07, 6.45) is 10.9. The van der Waals surface area contributed by atoms with E-state index >= 15 is 0 Å². The Morgan fingerprint density at radius 3 is 2.29 bits per heavy atom. The number of likely N-dealkylation sites (tertiary alicyclic amines) is 3. The van der Waals surface area contributed by atoms with Crippen molar-refractivity contribution >= 4 is 23.5 Å². The van der Waals surface area contributed by atoms with Crippen molar-refractivity contribution < 1.29 is 14.4 Å². The first-order valence-electron chi connectivity index (χ1n) is 17.1. The van der Waals surface area contributed by atoms with Crippen LogP contribution in [0.3, 0.4) is 0 Å². The van der Waals surface area contributed by atoms with Gasteiger partial charge in [0.1, 0.15) is 0 Å². The van der Waals surface area contributed by atoms with Crippen LogP contribution in [0.2, 0.25) is 0 Å². The van der Waals surface area contributed by atoms with Gasteiger partial charge in [0.2, 0.25) is 11.8 Å². The normalized spacial score (nSPS) is 20.8. The van der Waals surface area contributed by atoms with Crippen molar-refractivity contribution in [1.82, 2.24) is 19.6 Å². The molecule has 4 heterocycles. The van der Waals surface area contributed by atoms with Gasteiger partial charge in [-0.15, -0.1) is 6.58 Å². The smallest absolute Gasteiger partial charge is 0.322 e. The lowest BCUT2D eigenvalue weighted by molar-refractivity contribution is -0.143. The van der Waals surface area contributed by atoms with Crippen LogP contribution in [0.1, 0.15) is 68.1 Å². The third kappa shape index (κ3) is 7.60. The maximum Gasteiger partial charge on any atom is 0.322 e. The van der Waals surface area contributed by atoms with Crippen LogP contribution in [0.5, 0.6) is 0 Å². The topological polar surface area (TPSA) is 76.2 Å². The molecular formula is C37H49N5O3. The lowest BCUT2D eigenvalue weighted by Crippen LogP contribution is -2.52. The highest BCUT2D eigenvalue weighted by Gasteiger charge is 2.36. The van der Waals surface area contributed by atoms with Crippen LogP contribution in [-0.2, 0) is 29.0 Å². The van der Waals surface area contributed by atoms with Crippen LogP contribution in [0.4, 0.5) is 10.5 Å². The highest BCUT2D eigenvalue weighted by molar-refractivity contribution is 5.92. The first-order valence-corrected chi connectivity index (χ1v) is 17.1. The second-order valence-corrected chi connectivity index (χ2v) is 13.4. The number of nitrogens with zero attached hydrogens (tertiary/aromatic N) is 4. The van der Waals surface area contributed by atoms with Gasteiger partial charge in [-0.25, -0.2) is 4.79 Å². The van der Waals surface area contributed by atoms with Crippen molar-refractivity contribution in [3.63, 3.8) is 0 Å². The largest absolute Gasteiger partial charge is 0.343 e. The number of amides is 4. The first kappa shape index (κ1) is 31.3. The number of allylic oxidation sites excluding steroid dienone is 1. The summed E-state index contributed by atoms with van der Waals surface area (Å²) >= 11 is 0. The van der Waals surface area contributed by atoms with Gasteiger partial charge in [-0.05, 0) is 87.2 Å². The SMILES string of the molecule is C=CCc1cccc(CC(CC(=O)N2CCC(N3Cc4ccccc4NC3=O)CC2)C(=O)N2CCC(N3CCCCC3)CC2)c1. The Morgan fingerprint density at radius 1 is 0.844 bits per heavy atom. The summed E-state index contributed by atoms with van der Waals surface area (Å²) in [5.41, 5.74) is 4.27. The Kier molecular flexibility index (Phi) is 10.2. The monoisotopic (exact) mass is 611 g/mol. The average Bonchev–Trinajstić information content (AvgIpc) is 3.08. The molecule has 4 aliphatic heterocycles. The molecule has 0 spiro atoms. The minimum Gasteiger partial charge on any atom is -0.343 e. The van der Waals surface area contributed by atoms with Crippen LogP contribution < -0.4 is 5.32 Å². The minimum absolute atomic E-state index is 0.0469. The molecule has 3 fully saturated rings. The van der Waals surface area contributed by atoms with E-state index in [-0.39, 0.29) is 36.2 Å². The van der Waals surface area contributed by atoms with Crippen molar-refractivity contribution in [2.24, 2.45) is 5.92 Å². The van der Waals surface area contributed by atoms with E-state index in [2.05, 4.69) is 41.1 Å². The number of hydrogen-bond donors (Lipinski definition) is 1. The van der Waals surface area contributed by atoms with Crippen molar-refractivity contribution in [3.05, 3.63) is 77.9 Å². The Hall–Kier alpha value is -3.65. The molecular weight excluding hydrogens is 562 g/mol. The molecule has 4 aliphatic rings. The van der Waals surface area contributed by atoms with Gasteiger partial charge >= 0.3 is 6.03 Å². The Balaban J connectivity index is 1.08. The number of benzene rings is 2. The predicted molar refractivity (Wildman–Crippen MR) is 178 cm³/mol. The number of carbonyl (C=O) groups excluding carboxylic acids is 3. The van der Waals surface area contributed by atoms with Gasteiger partial charge in [-0.2, -0.15) is 0 Å². The van der Waals surface area contributed by atoms with Crippen LogP contribution in [-0.4, -0.2) is 88.8 Å². The van der Waals surface area contributed by atoms with Crippen LogP contribution in [0.15, 0.2) is 61.2 Å². The van der Waals surface area contributed by atoms with E-state index in [4.69, 9.17) is 0 Å². The van der Waals surface area contributed by atoms with Gasteiger partial charge in [0.25, 0.3) is 0 Å². The van der Waals surface area contributed by atoms with E-state index in [1.807, 2.05) is 45.0 Å². The van der Waals surface area contributed by atoms with Crippen molar-refractivity contribution in [2.75, 3.05) is 44.6 Å². The molecule has 2 aromatic carbocycles. The highest BCUT2D eigenvalue weighted by Crippen LogP contribution is 2.29. The quantitative estimate of drug-likeness (QED) is 0.381. The zero-order valence-electron chi connectivity index (χ0n) is 26.7. The van der Waals surface area contributed by atoms with E-state index in [1.165, 1.54) is 37.9 Å². The Bertz CT molecular complexity index is 1360. The third-order valence-electron chi connectivity index (χ3n) is 10.4. The Morgan fingerprint density at radius 2 is 1.53 bits per heavy atom. The molecule has 240 valence electrons. The van der Waals surface area contributed by atoms with Gasteiger partial charge in [0.05, 0.1) is 5.92 Å². The molecule has 0 aliphatic carbocycles. The number of para-hydroxylation sites is 1. The van der Waals surface area contributed by atoms with Gasteiger partial charge < -0.3 is 24.9 Å². The molecule has 6 rings (SSSR count). The second-order valence-electron chi connectivity index (χ2n) is 13.4. The van der Waals surface area contributed by atoms with Crippen LogP contribution >= 0.6 is 0 Å². The van der Waals surface area contributed by atoms with Gasteiger partial charge in [-0.3, -0.25) is 9.59 Å². The van der Waals surface area contributed by atoms with Crippen LogP contribution in [0, 0.1) is 5.92 Å². The lowest BCUT2D eigenvalue weighted by Gasteiger charge is -2.41. The lowest BCUT2D eigenvalue weighted by atomic mass is 9.91. The Labute approximate surface area is 268 Å². The number of anilines is 1. The molecule has 4 amide bonds. The fourth-order valence-electron chi connectivity index (χ4n) is 7.86. The van der Waals surface area contributed by atoms with E-state index in [0.29, 0.717) is 32.1 Å². The fraction of sp³-hybridized carbons (Fsp3) is 0.541. The molecule has 3 saturated heterocycles. The number of carbonyl (C=O) groups is 3. The molecule has 8 nitrogen and oxygen atoms in total. The van der Waals surface area contributed by atoms with Crippen molar-refractivity contribution in [3.8, 4) is 0 Å². The summed E-state index contributed by atoms with van der Waals surface area (Å²) in [6.45, 7) is 9.59. The second kappa shape index (κ2) is 14.6. The third-order valence-corrected chi connectivity index (χ3v) is 10.4. The molecule has 1 atom stereocenters. The zero-order chi connectivity index (χ0) is 31.2. The van der Waals surface area contributed by atoms with E-state index < -0.39 is 0 Å². The summed E-state index contributed by atoms with van der Waals surface area (Å²) in [5.74, 6) is -0.219. The highest BCUT2D eigenvalue weighted by atomic mass is 16.2. The summed E-state index contributed by atoms with van der Waals surface area (Å²) in [7, 11) is 0. The summed E-state index contributed by atoms with van der Waals surface area (Å²) in [4.78, 5) is 49.2. The molecule has 0 saturated carbocycles. The molecule has 2 aromatic rings. The minimum atomic E-state index is -0.384. The maximum absolute atomic E-state index is 14.1. The number of fused-ring (bicyclic) bond motifs is 1. The number of nitrogens with one attached hydrogen (secondary N) is 1. The molecule has 0 bridgehead atoms.